The Hall–Kier alpha value is -3.59. The van der Waals surface area contributed by atoms with Crippen LogP contribution in [0.4, 0.5) is 15.2 Å². The minimum absolute atomic E-state index is 0.0898. The molecule has 0 bridgehead atoms. The lowest BCUT2D eigenvalue weighted by Gasteiger charge is -2.18. The highest BCUT2D eigenvalue weighted by molar-refractivity contribution is 7.14. The molecule has 1 N–H and O–H groups in total. The number of rotatable bonds is 7. The van der Waals surface area contributed by atoms with Gasteiger partial charge in [0.2, 0.25) is 5.91 Å². The Balaban J connectivity index is 1.56. The van der Waals surface area contributed by atoms with E-state index in [4.69, 9.17) is 4.74 Å². The number of aromatic nitrogens is 1. The number of carbonyl (C=O) groups is 3. The summed E-state index contributed by atoms with van der Waals surface area (Å²) in [6.45, 7) is 4.73. The third kappa shape index (κ3) is 5.55. The first kappa shape index (κ1) is 23.1. The van der Waals surface area contributed by atoms with E-state index in [2.05, 4.69) is 10.3 Å². The van der Waals surface area contributed by atoms with E-state index in [9.17, 15) is 18.8 Å². The molecule has 2 amide bonds. The van der Waals surface area contributed by atoms with E-state index in [1.807, 2.05) is 19.9 Å². The second-order valence-corrected chi connectivity index (χ2v) is 7.91. The van der Waals surface area contributed by atoms with Crippen molar-refractivity contribution in [2.75, 3.05) is 11.4 Å². The molecule has 0 saturated heterocycles. The first-order valence-electron chi connectivity index (χ1n) is 9.77. The van der Waals surface area contributed by atoms with E-state index in [0.29, 0.717) is 11.3 Å². The lowest BCUT2D eigenvalue weighted by molar-refractivity contribution is -0.143. The van der Waals surface area contributed by atoms with Crippen molar-refractivity contribution in [3.8, 4) is 0 Å². The molecule has 0 saturated carbocycles. The van der Waals surface area contributed by atoms with E-state index in [0.717, 1.165) is 27.4 Å². The zero-order valence-corrected chi connectivity index (χ0v) is 18.7. The molecule has 0 unspecified atom stereocenters. The Kier molecular flexibility index (Phi) is 7.32. The summed E-state index contributed by atoms with van der Waals surface area (Å²) in [6.07, 6.45) is 0. The van der Waals surface area contributed by atoms with Crippen molar-refractivity contribution in [1.82, 2.24) is 10.3 Å². The summed E-state index contributed by atoms with van der Waals surface area (Å²) >= 11 is 1.13. The minimum Gasteiger partial charge on any atom is -0.458 e. The zero-order chi connectivity index (χ0) is 23.3. The first-order chi connectivity index (χ1) is 15.3. The van der Waals surface area contributed by atoms with Crippen molar-refractivity contribution in [2.24, 2.45) is 0 Å². The predicted molar refractivity (Wildman–Crippen MR) is 119 cm³/mol. The van der Waals surface area contributed by atoms with Crippen LogP contribution in [-0.2, 0) is 20.9 Å². The molecule has 0 aliphatic rings. The standard InChI is InChI=1S/C23H22FN3O4S/c1-14-8-9-17(10-15(14)2)22(30)25-11-21(29)31-12-18-13-32-23(26-18)27(16(3)28)20-7-5-4-6-19(20)24/h4-10,13H,11-12H2,1-3H3,(H,25,30). The van der Waals surface area contributed by atoms with Crippen LogP contribution >= 0.6 is 11.3 Å². The quantitative estimate of drug-likeness (QED) is 0.543. The topological polar surface area (TPSA) is 88.6 Å². The number of ether oxygens (including phenoxy) is 1. The highest BCUT2D eigenvalue weighted by atomic mass is 32.1. The van der Waals surface area contributed by atoms with E-state index in [1.54, 1.807) is 23.6 Å². The van der Waals surface area contributed by atoms with Gasteiger partial charge in [0.15, 0.2) is 5.13 Å². The summed E-state index contributed by atoms with van der Waals surface area (Å²) in [7, 11) is 0. The van der Waals surface area contributed by atoms with Crippen LogP contribution in [0.3, 0.4) is 0 Å². The number of para-hydroxylation sites is 1. The lowest BCUT2D eigenvalue weighted by Crippen LogP contribution is -2.30. The number of anilines is 2. The highest BCUT2D eigenvalue weighted by Gasteiger charge is 2.21. The largest absolute Gasteiger partial charge is 0.458 e. The van der Waals surface area contributed by atoms with Gasteiger partial charge in [0.1, 0.15) is 19.0 Å². The van der Waals surface area contributed by atoms with Crippen molar-refractivity contribution in [1.29, 1.82) is 0 Å². The fourth-order valence-corrected chi connectivity index (χ4v) is 3.71. The maximum atomic E-state index is 14.1. The molecular weight excluding hydrogens is 433 g/mol. The van der Waals surface area contributed by atoms with Gasteiger partial charge in [-0.3, -0.25) is 19.3 Å². The van der Waals surface area contributed by atoms with Crippen molar-refractivity contribution in [3.05, 3.63) is 76.0 Å². The molecule has 32 heavy (non-hydrogen) atoms. The molecule has 1 heterocycles. The van der Waals surface area contributed by atoms with Crippen LogP contribution in [0, 0.1) is 19.7 Å². The van der Waals surface area contributed by atoms with Gasteiger partial charge in [-0.05, 0) is 49.2 Å². The average Bonchev–Trinajstić information content (AvgIpc) is 3.22. The lowest BCUT2D eigenvalue weighted by atomic mass is 10.1. The Morgan fingerprint density at radius 3 is 2.56 bits per heavy atom. The maximum Gasteiger partial charge on any atom is 0.325 e. The minimum atomic E-state index is -0.630. The molecule has 9 heteroatoms. The molecule has 0 spiro atoms. The van der Waals surface area contributed by atoms with Crippen molar-refractivity contribution < 1.29 is 23.5 Å². The summed E-state index contributed by atoms with van der Waals surface area (Å²) < 4.78 is 19.3. The van der Waals surface area contributed by atoms with E-state index < -0.39 is 17.7 Å². The molecule has 166 valence electrons. The van der Waals surface area contributed by atoms with Crippen LogP contribution in [-0.4, -0.2) is 29.3 Å². The fraction of sp³-hybridized carbons (Fsp3) is 0.217. The van der Waals surface area contributed by atoms with Gasteiger partial charge in [0.25, 0.3) is 5.91 Å². The summed E-state index contributed by atoms with van der Waals surface area (Å²) in [4.78, 5) is 41.7. The molecule has 0 aliphatic carbocycles. The van der Waals surface area contributed by atoms with Gasteiger partial charge in [0.05, 0.1) is 11.4 Å². The van der Waals surface area contributed by atoms with Gasteiger partial charge in [-0.15, -0.1) is 11.3 Å². The van der Waals surface area contributed by atoms with Crippen LogP contribution in [0.5, 0.6) is 0 Å². The molecule has 7 nitrogen and oxygen atoms in total. The van der Waals surface area contributed by atoms with Crippen molar-refractivity contribution in [2.45, 2.75) is 27.4 Å². The number of thiazole rings is 1. The Morgan fingerprint density at radius 1 is 1.12 bits per heavy atom. The number of nitrogens with zero attached hydrogens (tertiary/aromatic N) is 2. The van der Waals surface area contributed by atoms with Crippen LogP contribution in [0.2, 0.25) is 0 Å². The number of amides is 2. The molecule has 0 aliphatic heterocycles. The van der Waals surface area contributed by atoms with E-state index in [-0.39, 0.29) is 29.9 Å². The molecule has 0 fully saturated rings. The fourth-order valence-electron chi connectivity index (χ4n) is 2.85. The van der Waals surface area contributed by atoms with Gasteiger partial charge in [-0.25, -0.2) is 9.37 Å². The number of hydrogen-bond donors (Lipinski definition) is 1. The monoisotopic (exact) mass is 455 g/mol. The summed E-state index contributed by atoms with van der Waals surface area (Å²) in [5.74, 6) is -1.95. The Labute approximate surface area is 188 Å². The van der Waals surface area contributed by atoms with Crippen LogP contribution < -0.4 is 10.2 Å². The zero-order valence-electron chi connectivity index (χ0n) is 17.8. The van der Waals surface area contributed by atoms with Crippen molar-refractivity contribution >= 4 is 39.9 Å². The number of benzene rings is 2. The number of esters is 1. The number of hydrogen-bond acceptors (Lipinski definition) is 6. The summed E-state index contributed by atoms with van der Waals surface area (Å²) in [6, 6.07) is 11.2. The third-order valence-corrected chi connectivity index (χ3v) is 5.56. The van der Waals surface area contributed by atoms with Gasteiger partial charge >= 0.3 is 5.97 Å². The van der Waals surface area contributed by atoms with Gasteiger partial charge in [-0.2, -0.15) is 0 Å². The third-order valence-electron chi connectivity index (χ3n) is 4.68. The highest BCUT2D eigenvalue weighted by Crippen LogP contribution is 2.30. The smallest absolute Gasteiger partial charge is 0.325 e. The Morgan fingerprint density at radius 2 is 1.88 bits per heavy atom. The van der Waals surface area contributed by atoms with Crippen LogP contribution in [0.25, 0.3) is 0 Å². The number of nitrogens with one attached hydrogen (secondary N) is 1. The summed E-state index contributed by atoms with van der Waals surface area (Å²) in [5, 5.41) is 4.40. The van der Waals surface area contributed by atoms with Gasteiger partial charge in [0, 0.05) is 17.9 Å². The predicted octanol–water partition coefficient (Wildman–Crippen LogP) is 4.06. The van der Waals surface area contributed by atoms with Gasteiger partial charge in [-0.1, -0.05) is 18.2 Å². The molecule has 3 aromatic rings. The van der Waals surface area contributed by atoms with Crippen molar-refractivity contribution in [3.63, 3.8) is 0 Å². The van der Waals surface area contributed by atoms with Crippen LogP contribution in [0.15, 0.2) is 47.8 Å². The van der Waals surface area contributed by atoms with E-state index in [1.165, 1.54) is 25.1 Å². The first-order valence-corrected chi connectivity index (χ1v) is 10.6. The van der Waals surface area contributed by atoms with Gasteiger partial charge < -0.3 is 10.1 Å². The SMILES string of the molecule is CC(=O)N(c1nc(COC(=O)CNC(=O)c2ccc(C)c(C)c2)cs1)c1ccccc1F. The normalized spacial score (nSPS) is 10.5. The number of carbonyl (C=O) groups excluding carboxylic acids is 3. The molecule has 0 radical (unpaired) electrons. The second-order valence-electron chi connectivity index (χ2n) is 7.07. The second kappa shape index (κ2) is 10.1. The molecule has 1 aromatic heterocycles. The molecule has 2 aromatic carbocycles. The van der Waals surface area contributed by atoms with E-state index >= 15 is 0 Å². The maximum absolute atomic E-state index is 14.1. The Bertz CT molecular complexity index is 1160. The molecular formula is C23H22FN3O4S. The number of halogens is 1. The molecule has 3 rings (SSSR count). The molecule has 0 atom stereocenters. The summed E-state index contributed by atoms with van der Waals surface area (Å²) in [5.41, 5.74) is 3.01. The number of aryl methyl sites for hydroxylation is 2. The average molecular weight is 456 g/mol. The van der Waals surface area contributed by atoms with Crippen LogP contribution in [0.1, 0.15) is 34.1 Å².